The van der Waals surface area contributed by atoms with Gasteiger partial charge in [-0.3, -0.25) is 4.79 Å². The topological polar surface area (TPSA) is 84.9 Å². The summed E-state index contributed by atoms with van der Waals surface area (Å²) in [5, 5.41) is 2.89. The molecule has 0 aliphatic carbocycles. The Morgan fingerprint density at radius 2 is 1.42 bits per heavy atom. The van der Waals surface area contributed by atoms with E-state index in [0.29, 0.717) is 5.75 Å². The first kappa shape index (κ1) is 24.3. The largest absolute Gasteiger partial charge is 0.497 e. The van der Waals surface area contributed by atoms with Crippen LogP contribution in [0.5, 0.6) is 11.5 Å². The summed E-state index contributed by atoms with van der Waals surface area (Å²) in [4.78, 5) is 13.0. The number of nitrogens with one attached hydrogen (secondary N) is 1. The zero-order chi connectivity index (χ0) is 23.8. The Morgan fingerprint density at radius 3 is 1.97 bits per heavy atom. The number of benzene rings is 3. The van der Waals surface area contributed by atoms with E-state index in [0.717, 1.165) is 16.9 Å². The zero-order valence-corrected chi connectivity index (χ0v) is 19.7. The van der Waals surface area contributed by atoms with Crippen LogP contribution in [0.1, 0.15) is 24.1 Å². The molecule has 0 radical (unpaired) electrons. The van der Waals surface area contributed by atoms with Crippen molar-refractivity contribution in [2.24, 2.45) is 0 Å². The van der Waals surface area contributed by atoms with Gasteiger partial charge in [-0.25, -0.2) is 8.42 Å². The van der Waals surface area contributed by atoms with E-state index in [1.807, 2.05) is 61.5 Å². The first-order valence-electron chi connectivity index (χ1n) is 10.4. The Labute approximate surface area is 195 Å². The van der Waals surface area contributed by atoms with E-state index in [1.165, 1.54) is 23.5 Å². The van der Waals surface area contributed by atoms with Gasteiger partial charge in [0.25, 0.3) is 0 Å². The minimum atomic E-state index is -3.93. The van der Waals surface area contributed by atoms with E-state index in [2.05, 4.69) is 5.32 Å². The third-order valence-corrected chi connectivity index (χ3v) is 7.02. The van der Waals surface area contributed by atoms with Gasteiger partial charge in [-0.05, 0) is 54.4 Å². The lowest BCUT2D eigenvalue weighted by molar-refractivity contribution is -0.122. The number of carbonyl (C=O) groups excluding carboxylic acids is 1. The number of hydrogen-bond acceptors (Lipinski definition) is 5. The number of amides is 1. The van der Waals surface area contributed by atoms with Gasteiger partial charge in [-0.1, -0.05) is 42.5 Å². The molecule has 0 aliphatic rings. The van der Waals surface area contributed by atoms with E-state index in [4.69, 9.17) is 9.47 Å². The minimum absolute atomic E-state index is 0.0690. The maximum Gasteiger partial charge on any atom is 0.243 e. The Morgan fingerprint density at radius 1 is 0.879 bits per heavy atom. The van der Waals surface area contributed by atoms with Gasteiger partial charge in [0.2, 0.25) is 15.9 Å². The van der Waals surface area contributed by atoms with Gasteiger partial charge in [-0.2, -0.15) is 4.31 Å². The van der Waals surface area contributed by atoms with E-state index >= 15 is 0 Å². The molecule has 0 aliphatic heterocycles. The van der Waals surface area contributed by atoms with Crippen molar-refractivity contribution < 1.29 is 22.7 Å². The number of ether oxygens (including phenoxy) is 2. The quantitative estimate of drug-likeness (QED) is 0.490. The van der Waals surface area contributed by atoms with Crippen LogP contribution >= 0.6 is 0 Å². The fourth-order valence-electron chi connectivity index (χ4n) is 3.33. The number of methoxy groups -OCH3 is 2. The molecule has 7 nitrogen and oxygen atoms in total. The highest BCUT2D eigenvalue weighted by Crippen LogP contribution is 2.22. The average Bonchev–Trinajstić information content (AvgIpc) is 2.84. The minimum Gasteiger partial charge on any atom is -0.497 e. The predicted molar refractivity (Wildman–Crippen MR) is 127 cm³/mol. The van der Waals surface area contributed by atoms with Crippen molar-refractivity contribution in [2.45, 2.75) is 24.4 Å². The standard InChI is InChI=1S/C25H28N2O5S/c1-19(21-9-11-22(31-2)12-10-21)26-25(28)18-27(17-20-7-5-4-6-8-20)33(29,30)24-15-13-23(32-3)14-16-24/h4-16,19H,17-18H2,1-3H3,(H,26,28). The molecular formula is C25H28N2O5S. The van der Waals surface area contributed by atoms with Crippen LogP contribution in [-0.4, -0.2) is 39.4 Å². The fourth-order valence-corrected chi connectivity index (χ4v) is 4.72. The lowest BCUT2D eigenvalue weighted by Crippen LogP contribution is -2.41. The molecule has 3 aromatic rings. The van der Waals surface area contributed by atoms with Crippen LogP contribution in [0.25, 0.3) is 0 Å². The van der Waals surface area contributed by atoms with E-state index in [-0.39, 0.29) is 24.0 Å². The van der Waals surface area contributed by atoms with Crippen LogP contribution in [0.2, 0.25) is 0 Å². The van der Waals surface area contributed by atoms with Crippen LogP contribution in [0.3, 0.4) is 0 Å². The second kappa shape index (κ2) is 11.0. The van der Waals surface area contributed by atoms with Crippen molar-refractivity contribution in [3.8, 4) is 11.5 Å². The Hall–Kier alpha value is -3.36. The third-order valence-electron chi connectivity index (χ3n) is 5.21. The summed E-state index contributed by atoms with van der Waals surface area (Å²) < 4.78 is 38.2. The summed E-state index contributed by atoms with van der Waals surface area (Å²) in [5.74, 6) is 0.873. The molecule has 8 heteroatoms. The molecule has 3 rings (SSSR count). The van der Waals surface area contributed by atoms with Crippen LogP contribution in [0.4, 0.5) is 0 Å². The van der Waals surface area contributed by atoms with Gasteiger partial charge in [-0.15, -0.1) is 0 Å². The van der Waals surface area contributed by atoms with E-state index < -0.39 is 15.9 Å². The van der Waals surface area contributed by atoms with Gasteiger partial charge in [0.05, 0.1) is 31.7 Å². The van der Waals surface area contributed by atoms with E-state index in [9.17, 15) is 13.2 Å². The molecule has 1 atom stereocenters. The number of carbonyl (C=O) groups is 1. The molecule has 1 unspecified atom stereocenters. The molecule has 0 heterocycles. The van der Waals surface area contributed by atoms with Gasteiger partial charge >= 0.3 is 0 Å². The SMILES string of the molecule is COc1ccc(C(C)NC(=O)CN(Cc2ccccc2)S(=O)(=O)c2ccc(OC)cc2)cc1. The average molecular weight is 469 g/mol. The number of rotatable bonds is 10. The monoisotopic (exact) mass is 468 g/mol. The normalized spacial score (nSPS) is 12.2. The highest BCUT2D eigenvalue weighted by Gasteiger charge is 2.27. The molecule has 0 aromatic heterocycles. The summed E-state index contributed by atoms with van der Waals surface area (Å²) in [6.07, 6.45) is 0. The molecule has 174 valence electrons. The second-order valence-corrected chi connectivity index (χ2v) is 9.43. The first-order valence-corrected chi connectivity index (χ1v) is 11.9. The smallest absolute Gasteiger partial charge is 0.243 e. The van der Waals surface area contributed by atoms with Crippen LogP contribution in [-0.2, 0) is 21.4 Å². The molecule has 0 fully saturated rings. The summed E-state index contributed by atoms with van der Waals surface area (Å²) in [6.45, 7) is 1.60. The highest BCUT2D eigenvalue weighted by atomic mass is 32.2. The summed E-state index contributed by atoms with van der Waals surface area (Å²) in [6, 6.07) is 22.3. The van der Waals surface area contributed by atoms with Crippen molar-refractivity contribution in [1.29, 1.82) is 0 Å². The van der Waals surface area contributed by atoms with Gasteiger partial charge in [0.15, 0.2) is 0 Å². The van der Waals surface area contributed by atoms with Crippen LogP contribution < -0.4 is 14.8 Å². The summed E-state index contributed by atoms with van der Waals surface area (Å²) in [5.41, 5.74) is 1.67. The lowest BCUT2D eigenvalue weighted by Gasteiger charge is -2.23. The third kappa shape index (κ3) is 6.34. The second-order valence-electron chi connectivity index (χ2n) is 7.50. The molecule has 1 amide bonds. The molecule has 0 saturated heterocycles. The highest BCUT2D eigenvalue weighted by molar-refractivity contribution is 7.89. The zero-order valence-electron chi connectivity index (χ0n) is 18.9. The van der Waals surface area contributed by atoms with Crippen molar-refractivity contribution in [1.82, 2.24) is 9.62 Å². The van der Waals surface area contributed by atoms with Crippen molar-refractivity contribution in [2.75, 3.05) is 20.8 Å². The van der Waals surface area contributed by atoms with Crippen molar-refractivity contribution >= 4 is 15.9 Å². The predicted octanol–water partition coefficient (Wildman–Crippen LogP) is 3.77. The molecule has 33 heavy (non-hydrogen) atoms. The Bertz CT molecular complexity index is 1150. The number of nitrogens with zero attached hydrogens (tertiary/aromatic N) is 1. The van der Waals surface area contributed by atoms with Gasteiger partial charge in [0, 0.05) is 6.54 Å². The number of sulfonamides is 1. The summed E-state index contributed by atoms with van der Waals surface area (Å²) in [7, 11) is -0.827. The van der Waals surface area contributed by atoms with Crippen molar-refractivity contribution in [3.63, 3.8) is 0 Å². The first-order chi connectivity index (χ1) is 15.8. The molecule has 0 saturated carbocycles. The lowest BCUT2D eigenvalue weighted by atomic mass is 10.1. The molecular weight excluding hydrogens is 440 g/mol. The molecule has 1 N–H and O–H groups in total. The fraction of sp³-hybridized carbons (Fsp3) is 0.240. The number of hydrogen-bond donors (Lipinski definition) is 1. The van der Waals surface area contributed by atoms with Crippen LogP contribution in [0.15, 0.2) is 83.8 Å². The van der Waals surface area contributed by atoms with E-state index in [1.54, 1.807) is 19.2 Å². The van der Waals surface area contributed by atoms with Gasteiger partial charge < -0.3 is 14.8 Å². The maximum absolute atomic E-state index is 13.4. The Balaban J connectivity index is 1.80. The summed E-state index contributed by atoms with van der Waals surface area (Å²) >= 11 is 0. The van der Waals surface area contributed by atoms with Crippen molar-refractivity contribution in [3.05, 3.63) is 90.0 Å². The molecule has 3 aromatic carbocycles. The molecule has 0 spiro atoms. The Kier molecular flexibility index (Phi) is 8.08. The molecule has 0 bridgehead atoms. The van der Waals surface area contributed by atoms with Crippen LogP contribution in [0, 0.1) is 0 Å². The van der Waals surface area contributed by atoms with Gasteiger partial charge in [0.1, 0.15) is 11.5 Å². The maximum atomic E-state index is 13.4.